The standard InChI is InChI=1S/C53H90NO10P/c1-3-5-7-9-11-13-15-17-19-21-23-24-25-26-27-28-30-32-34-36-38-40-42-44-51(56)54-50(53(58)59)48-64-65(60,61)63-47-49(55)46-62-52(57)45-43-41-39-37-35-33-31-29-22-20-18-16-14-12-10-8-6-4-2/h5,7,11,13,17,19,23-24,26-27,30,32,36,38,49-50,55H,3-4,6,8-10,12,14-16,18,20-22,25,28-29,31,33-35,37,39-48H2,1-2H3,(H,54,56)(H,58,59)(H,60,61)/b7-5-,13-11-,19-17-,24-23-,27-26-,32-30-,38-36-. The number of phosphoric ester groups is 1. The fourth-order valence-electron chi connectivity index (χ4n) is 6.60. The molecule has 0 aromatic carbocycles. The molecule has 3 unspecified atom stereocenters. The molecule has 0 aromatic rings. The molecule has 0 spiro atoms. The van der Waals surface area contributed by atoms with Gasteiger partial charge in [-0.15, -0.1) is 0 Å². The number of aliphatic hydroxyl groups excluding tert-OH is 1. The summed E-state index contributed by atoms with van der Waals surface area (Å²) in [5, 5.41) is 21.9. The van der Waals surface area contributed by atoms with Crippen molar-refractivity contribution in [2.45, 2.75) is 212 Å². The lowest BCUT2D eigenvalue weighted by molar-refractivity contribution is -0.147. The van der Waals surface area contributed by atoms with Crippen molar-refractivity contribution in [2.24, 2.45) is 0 Å². The van der Waals surface area contributed by atoms with Crippen molar-refractivity contribution < 1.29 is 47.8 Å². The summed E-state index contributed by atoms with van der Waals surface area (Å²) in [6, 6.07) is -1.58. The van der Waals surface area contributed by atoms with E-state index in [1.807, 2.05) is 12.2 Å². The lowest BCUT2D eigenvalue weighted by Gasteiger charge is -2.18. The van der Waals surface area contributed by atoms with Crippen LogP contribution in [-0.4, -0.2) is 64.9 Å². The Hall–Kier alpha value is -3.34. The molecule has 0 aliphatic rings. The summed E-state index contributed by atoms with van der Waals surface area (Å²) in [6.45, 7) is 2.46. The van der Waals surface area contributed by atoms with Gasteiger partial charge in [0.05, 0.1) is 13.2 Å². The molecule has 372 valence electrons. The third-order valence-corrected chi connectivity index (χ3v) is 11.4. The van der Waals surface area contributed by atoms with Gasteiger partial charge in [-0.2, -0.15) is 0 Å². The minimum Gasteiger partial charge on any atom is -0.480 e. The molecule has 65 heavy (non-hydrogen) atoms. The van der Waals surface area contributed by atoms with E-state index in [1.165, 1.54) is 89.9 Å². The molecule has 0 radical (unpaired) electrons. The molecule has 3 atom stereocenters. The average Bonchev–Trinajstić information content (AvgIpc) is 3.28. The third-order valence-electron chi connectivity index (χ3n) is 10.4. The summed E-state index contributed by atoms with van der Waals surface area (Å²) in [5.74, 6) is -2.46. The van der Waals surface area contributed by atoms with E-state index in [4.69, 9.17) is 13.8 Å². The minimum absolute atomic E-state index is 0.0613. The molecule has 0 saturated heterocycles. The Morgan fingerprint density at radius 3 is 1.31 bits per heavy atom. The summed E-state index contributed by atoms with van der Waals surface area (Å²) < 4.78 is 26.9. The monoisotopic (exact) mass is 932 g/mol. The second-order valence-electron chi connectivity index (χ2n) is 16.6. The van der Waals surface area contributed by atoms with Crippen LogP contribution in [0.15, 0.2) is 85.1 Å². The zero-order valence-corrected chi connectivity index (χ0v) is 41.4. The van der Waals surface area contributed by atoms with Gasteiger partial charge in [-0.1, -0.05) is 208 Å². The lowest BCUT2D eigenvalue weighted by Crippen LogP contribution is -2.43. The number of phosphoric acid groups is 1. The summed E-state index contributed by atoms with van der Waals surface area (Å²) in [4.78, 5) is 46.1. The molecule has 0 aliphatic heterocycles. The number of carbonyl (C=O) groups is 3. The molecule has 0 aliphatic carbocycles. The molecule has 0 saturated carbocycles. The lowest BCUT2D eigenvalue weighted by atomic mass is 10.0. The second kappa shape index (κ2) is 47.2. The number of hydrogen-bond donors (Lipinski definition) is 4. The first-order valence-electron chi connectivity index (χ1n) is 25.1. The first-order valence-corrected chi connectivity index (χ1v) is 26.6. The number of aliphatic hydroxyl groups is 1. The van der Waals surface area contributed by atoms with E-state index in [0.717, 1.165) is 64.2 Å². The molecule has 0 rings (SSSR count). The third kappa shape index (κ3) is 47.0. The highest BCUT2D eigenvalue weighted by Crippen LogP contribution is 2.43. The van der Waals surface area contributed by atoms with E-state index >= 15 is 0 Å². The number of carbonyl (C=O) groups excluding carboxylic acids is 2. The predicted molar refractivity (Wildman–Crippen MR) is 267 cm³/mol. The Morgan fingerprint density at radius 1 is 0.508 bits per heavy atom. The van der Waals surface area contributed by atoms with E-state index in [2.05, 4.69) is 92.1 Å². The number of carboxylic acid groups (broad SMARTS) is 1. The number of nitrogens with one attached hydrogen (secondary N) is 1. The largest absolute Gasteiger partial charge is 0.480 e. The van der Waals surface area contributed by atoms with Crippen LogP contribution in [0.2, 0.25) is 0 Å². The maximum Gasteiger partial charge on any atom is 0.472 e. The maximum atomic E-state index is 12.3. The number of hydrogen-bond acceptors (Lipinski definition) is 8. The Bertz CT molecular complexity index is 1420. The number of rotatable bonds is 46. The van der Waals surface area contributed by atoms with E-state index < -0.39 is 57.6 Å². The average molecular weight is 932 g/mol. The van der Waals surface area contributed by atoms with Gasteiger partial charge in [-0.25, -0.2) is 9.36 Å². The number of amides is 1. The van der Waals surface area contributed by atoms with Crippen LogP contribution in [0.4, 0.5) is 0 Å². The van der Waals surface area contributed by atoms with Crippen molar-refractivity contribution >= 4 is 25.7 Å². The molecular weight excluding hydrogens is 842 g/mol. The molecule has 0 aromatic heterocycles. The van der Waals surface area contributed by atoms with Crippen LogP contribution in [0.1, 0.15) is 200 Å². The zero-order chi connectivity index (χ0) is 47.7. The summed E-state index contributed by atoms with van der Waals surface area (Å²) in [6.07, 6.45) is 59.0. The first kappa shape index (κ1) is 61.7. The second-order valence-corrected chi connectivity index (χ2v) is 18.1. The van der Waals surface area contributed by atoms with Crippen LogP contribution >= 0.6 is 7.82 Å². The van der Waals surface area contributed by atoms with Crippen molar-refractivity contribution in [3.8, 4) is 0 Å². The smallest absolute Gasteiger partial charge is 0.472 e. The number of carboxylic acids is 1. The van der Waals surface area contributed by atoms with Gasteiger partial charge in [0.2, 0.25) is 5.91 Å². The number of unbranched alkanes of at least 4 members (excludes halogenated alkanes) is 18. The first-order chi connectivity index (χ1) is 31.6. The van der Waals surface area contributed by atoms with Crippen LogP contribution in [-0.2, 0) is 32.7 Å². The normalized spacial score (nSPS) is 14.3. The van der Waals surface area contributed by atoms with Gasteiger partial charge in [-0.3, -0.25) is 18.6 Å². The van der Waals surface area contributed by atoms with Crippen molar-refractivity contribution in [1.29, 1.82) is 0 Å². The fourth-order valence-corrected chi connectivity index (χ4v) is 7.37. The summed E-state index contributed by atoms with van der Waals surface area (Å²) in [7, 11) is -4.78. The molecule has 12 heteroatoms. The number of ether oxygens (including phenoxy) is 1. The summed E-state index contributed by atoms with van der Waals surface area (Å²) in [5.41, 5.74) is 0. The Morgan fingerprint density at radius 2 is 0.892 bits per heavy atom. The molecule has 4 N–H and O–H groups in total. The quantitative estimate of drug-likeness (QED) is 0.0199. The van der Waals surface area contributed by atoms with Crippen molar-refractivity contribution in [2.75, 3.05) is 19.8 Å². The van der Waals surface area contributed by atoms with Crippen LogP contribution in [0.25, 0.3) is 0 Å². The molecule has 0 heterocycles. The van der Waals surface area contributed by atoms with Gasteiger partial charge in [0, 0.05) is 12.8 Å². The van der Waals surface area contributed by atoms with Crippen molar-refractivity contribution in [1.82, 2.24) is 5.32 Å². The maximum absolute atomic E-state index is 12.3. The summed E-state index contributed by atoms with van der Waals surface area (Å²) >= 11 is 0. The highest BCUT2D eigenvalue weighted by atomic mass is 31.2. The Balaban J connectivity index is 3.95. The van der Waals surface area contributed by atoms with Gasteiger partial charge in [-0.05, 0) is 64.2 Å². The molecule has 1 amide bonds. The van der Waals surface area contributed by atoms with Gasteiger partial charge >= 0.3 is 19.8 Å². The van der Waals surface area contributed by atoms with E-state index in [1.54, 1.807) is 0 Å². The molecular formula is C53H90NO10P. The molecule has 11 nitrogen and oxygen atoms in total. The number of aliphatic carboxylic acids is 1. The Labute approximate surface area is 394 Å². The van der Waals surface area contributed by atoms with Crippen LogP contribution < -0.4 is 5.32 Å². The SMILES string of the molecule is CC/C=C\C/C=C\C/C=C\C/C=C\C/C=C\C/C=C\C/C=C\CCCC(=O)NC(COP(=O)(O)OCC(O)COC(=O)CCCCCCCCCCCCCCCCCCCC)C(=O)O. The van der Waals surface area contributed by atoms with Crippen molar-refractivity contribution in [3.05, 3.63) is 85.1 Å². The minimum atomic E-state index is -4.78. The predicted octanol–water partition coefficient (Wildman–Crippen LogP) is 13.8. The molecule has 0 fully saturated rings. The highest BCUT2D eigenvalue weighted by molar-refractivity contribution is 7.47. The van der Waals surface area contributed by atoms with Crippen LogP contribution in [0.3, 0.4) is 0 Å². The van der Waals surface area contributed by atoms with E-state index in [9.17, 15) is 34.1 Å². The van der Waals surface area contributed by atoms with Gasteiger partial charge < -0.3 is 25.2 Å². The fraction of sp³-hybridized carbons (Fsp3) is 0.679. The number of allylic oxidation sites excluding steroid dienone is 14. The number of esters is 1. The van der Waals surface area contributed by atoms with Gasteiger partial charge in [0.15, 0.2) is 6.04 Å². The van der Waals surface area contributed by atoms with Crippen LogP contribution in [0, 0.1) is 0 Å². The van der Waals surface area contributed by atoms with E-state index in [-0.39, 0.29) is 12.8 Å². The topological polar surface area (TPSA) is 169 Å². The zero-order valence-electron chi connectivity index (χ0n) is 40.5. The van der Waals surface area contributed by atoms with Crippen molar-refractivity contribution in [3.63, 3.8) is 0 Å². The Kier molecular flexibility index (Phi) is 44.7. The van der Waals surface area contributed by atoms with Crippen LogP contribution in [0.5, 0.6) is 0 Å². The van der Waals surface area contributed by atoms with E-state index in [0.29, 0.717) is 19.3 Å². The van der Waals surface area contributed by atoms with Gasteiger partial charge in [0.25, 0.3) is 0 Å². The molecule has 0 bridgehead atoms. The highest BCUT2D eigenvalue weighted by Gasteiger charge is 2.28. The van der Waals surface area contributed by atoms with Gasteiger partial charge in [0.1, 0.15) is 12.7 Å².